The fourth-order valence-electron chi connectivity index (χ4n) is 2.63. The van der Waals surface area contributed by atoms with Crippen molar-refractivity contribution in [2.24, 2.45) is 0 Å². The van der Waals surface area contributed by atoms with Crippen LogP contribution in [0, 0.1) is 0 Å². The van der Waals surface area contributed by atoms with Gasteiger partial charge in [-0.05, 0) is 30.7 Å². The fourth-order valence-corrected chi connectivity index (χ4v) is 2.63. The van der Waals surface area contributed by atoms with Crippen LogP contribution in [-0.4, -0.2) is 37.7 Å². The van der Waals surface area contributed by atoms with Crippen molar-refractivity contribution in [3.05, 3.63) is 59.7 Å². The molecule has 2 atom stereocenters. The molecule has 0 aliphatic rings. The van der Waals surface area contributed by atoms with Gasteiger partial charge in [-0.25, -0.2) is 0 Å². The van der Waals surface area contributed by atoms with Gasteiger partial charge in [-0.15, -0.1) is 0 Å². The predicted octanol–water partition coefficient (Wildman–Crippen LogP) is 2.99. The predicted molar refractivity (Wildman–Crippen MR) is 97.4 cm³/mol. The molecule has 2 rings (SSSR count). The molecule has 0 aromatic heterocycles. The lowest BCUT2D eigenvalue weighted by Gasteiger charge is -2.20. The Morgan fingerprint density at radius 2 is 1.84 bits per heavy atom. The summed E-state index contributed by atoms with van der Waals surface area (Å²) in [4.78, 5) is 12.5. The summed E-state index contributed by atoms with van der Waals surface area (Å²) in [5.74, 6) is 1.11. The van der Waals surface area contributed by atoms with Crippen molar-refractivity contribution in [1.29, 1.82) is 0 Å². The maximum Gasteiger partial charge on any atom is 0.168 e. The Labute approximate surface area is 148 Å². The Hall–Kier alpha value is -2.37. The molecular formula is C20H25NO4. The lowest BCUT2D eigenvalue weighted by molar-refractivity contribution is 0.0969. The normalized spacial score (nSPS) is 13.1. The zero-order valence-electron chi connectivity index (χ0n) is 14.9. The third-order valence-corrected chi connectivity index (χ3v) is 4.14. The van der Waals surface area contributed by atoms with Crippen LogP contribution < -0.4 is 14.8 Å². The third kappa shape index (κ3) is 5.05. The second kappa shape index (κ2) is 9.20. The van der Waals surface area contributed by atoms with Crippen LogP contribution in [-0.2, 0) is 0 Å². The third-order valence-electron chi connectivity index (χ3n) is 4.14. The van der Waals surface area contributed by atoms with Crippen LogP contribution in [0.15, 0.2) is 48.5 Å². The number of hydrogen-bond donors (Lipinski definition) is 2. The van der Waals surface area contributed by atoms with Crippen molar-refractivity contribution in [2.45, 2.75) is 25.5 Å². The first kappa shape index (κ1) is 19.0. The van der Waals surface area contributed by atoms with Gasteiger partial charge in [0.1, 0.15) is 11.5 Å². The molecule has 0 saturated carbocycles. The van der Waals surface area contributed by atoms with Gasteiger partial charge in [0.05, 0.1) is 25.9 Å². The highest BCUT2D eigenvalue weighted by atomic mass is 16.5. The molecule has 134 valence electrons. The number of aliphatic hydroxyl groups excluding tert-OH is 1. The van der Waals surface area contributed by atoms with Crippen LogP contribution >= 0.6 is 0 Å². The van der Waals surface area contributed by atoms with Gasteiger partial charge in [-0.2, -0.15) is 0 Å². The summed E-state index contributed by atoms with van der Waals surface area (Å²) >= 11 is 0. The lowest BCUT2D eigenvalue weighted by Crippen LogP contribution is -2.33. The van der Waals surface area contributed by atoms with E-state index in [0.717, 1.165) is 5.56 Å². The molecule has 0 aliphatic heterocycles. The Balaban J connectivity index is 1.92. The van der Waals surface area contributed by atoms with E-state index in [4.69, 9.17) is 9.47 Å². The Morgan fingerprint density at radius 1 is 1.12 bits per heavy atom. The van der Waals surface area contributed by atoms with E-state index in [-0.39, 0.29) is 11.8 Å². The minimum Gasteiger partial charge on any atom is -0.497 e. The molecule has 2 aromatic carbocycles. The average Bonchev–Trinajstić information content (AvgIpc) is 2.67. The monoisotopic (exact) mass is 343 g/mol. The number of carbonyl (C=O) groups excluding carboxylic acids is 1. The molecule has 5 heteroatoms. The van der Waals surface area contributed by atoms with E-state index in [1.807, 2.05) is 37.3 Å². The summed E-state index contributed by atoms with van der Waals surface area (Å²) in [6.45, 7) is 2.36. The molecule has 2 aromatic rings. The molecule has 0 saturated heterocycles. The van der Waals surface area contributed by atoms with Crippen LogP contribution in [0.5, 0.6) is 11.5 Å². The molecule has 2 N–H and O–H groups in total. The van der Waals surface area contributed by atoms with Crippen LogP contribution in [0.4, 0.5) is 0 Å². The summed E-state index contributed by atoms with van der Waals surface area (Å²) in [6.07, 6.45) is -0.322. The summed E-state index contributed by atoms with van der Waals surface area (Å²) in [6, 6.07) is 14.5. The first-order valence-corrected chi connectivity index (χ1v) is 8.28. The standard InChI is InChI=1S/C20H25NO4/c1-14(20(23)15-7-5-4-6-8-15)21-12-11-18(22)17-13-16(24-2)9-10-19(17)25-3/h4-10,13-14,20-21,23H,11-12H2,1-3H3. The van der Waals surface area contributed by atoms with Crippen molar-refractivity contribution < 1.29 is 19.4 Å². The van der Waals surface area contributed by atoms with Gasteiger partial charge < -0.3 is 19.9 Å². The number of rotatable bonds is 9. The van der Waals surface area contributed by atoms with E-state index in [1.54, 1.807) is 25.3 Å². The van der Waals surface area contributed by atoms with Gasteiger partial charge in [0.25, 0.3) is 0 Å². The topological polar surface area (TPSA) is 67.8 Å². The molecule has 2 unspecified atom stereocenters. The molecule has 0 fully saturated rings. The molecule has 5 nitrogen and oxygen atoms in total. The van der Waals surface area contributed by atoms with E-state index < -0.39 is 6.10 Å². The van der Waals surface area contributed by atoms with E-state index in [2.05, 4.69) is 5.32 Å². The maximum atomic E-state index is 12.5. The van der Waals surface area contributed by atoms with Gasteiger partial charge in [0.15, 0.2) is 5.78 Å². The van der Waals surface area contributed by atoms with Gasteiger partial charge in [-0.3, -0.25) is 4.79 Å². The number of benzene rings is 2. The first-order chi connectivity index (χ1) is 12.1. The van der Waals surface area contributed by atoms with Crippen molar-refractivity contribution in [2.75, 3.05) is 20.8 Å². The fraction of sp³-hybridized carbons (Fsp3) is 0.350. The average molecular weight is 343 g/mol. The Bertz CT molecular complexity index is 687. The number of nitrogens with one attached hydrogen (secondary N) is 1. The van der Waals surface area contributed by atoms with Gasteiger partial charge >= 0.3 is 0 Å². The van der Waals surface area contributed by atoms with Gasteiger partial charge in [0.2, 0.25) is 0 Å². The minimum absolute atomic E-state index is 0.0374. The van der Waals surface area contributed by atoms with Crippen molar-refractivity contribution in [3.63, 3.8) is 0 Å². The molecule has 0 aliphatic carbocycles. The number of carbonyl (C=O) groups is 1. The summed E-state index contributed by atoms with van der Waals surface area (Å²) in [5, 5.41) is 13.5. The van der Waals surface area contributed by atoms with Gasteiger partial charge in [0, 0.05) is 19.0 Å². The zero-order chi connectivity index (χ0) is 18.2. The van der Waals surface area contributed by atoms with E-state index in [9.17, 15) is 9.90 Å². The number of methoxy groups -OCH3 is 2. The smallest absolute Gasteiger partial charge is 0.168 e. The lowest BCUT2D eigenvalue weighted by atomic mass is 10.0. The zero-order valence-corrected chi connectivity index (χ0v) is 14.9. The van der Waals surface area contributed by atoms with Crippen LogP contribution in [0.1, 0.15) is 35.4 Å². The quantitative estimate of drug-likeness (QED) is 0.685. The molecular weight excluding hydrogens is 318 g/mol. The van der Waals surface area contributed by atoms with Gasteiger partial charge in [-0.1, -0.05) is 30.3 Å². The first-order valence-electron chi connectivity index (χ1n) is 8.28. The second-order valence-corrected chi connectivity index (χ2v) is 5.84. The number of ether oxygens (including phenoxy) is 2. The van der Waals surface area contributed by atoms with Crippen molar-refractivity contribution in [1.82, 2.24) is 5.32 Å². The molecule has 0 spiro atoms. The molecule has 0 bridgehead atoms. The summed E-state index contributed by atoms with van der Waals surface area (Å²) in [5.41, 5.74) is 1.35. The Kier molecular flexibility index (Phi) is 6.98. The summed E-state index contributed by atoms with van der Waals surface area (Å²) < 4.78 is 10.4. The van der Waals surface area contributed by atoms with E-state index in [0.29, 0.717) is 30.0 Å². The van der Waals surface area contributed by atoms with E-state index >= 15 is 0 Å². The number of ketones is 1. The highest BCUT2D eigenvalue weighted by molar-refractivity contribution is 5.99. The summed E-state index contributed by atoms with van der Waals surface area (Å²) in [7, 11) is 3.10. The Morgan fingerprint density at radius 3 is 2.48 bits per heavy atom. The van der Waals surface area contributed by atoms with Crippen molar-refractivity contribution in [3.8, 4) is 11.5 Å². The largest absolute Gasteiger partial charge is 0.497 e. The molecule has 0 heterocycles. The van der Waals surface area contributed by atoms with E-state index in [1.165, 1.54) is 7.11 Å². The van der Waals surface area contributed by atoms with Crippen LogP contribution in [0.2, 0.25) is 0 Å². The van der Waals surface area contributed by atoms with Crippen LogP contribution in [0.3, 0.4) is 0 Å². The van der Waals surface area contributed by atoms with Crippen molar-refractivity contribution >= 4 is 5.78 Å². The molecule has 25 heavy (non-hydrogen) atoms. The second-order valence-electron chi connectivity index (χ2n) is 5.84. The number of hydrogen-bond acceptors (Lipinski definition) is 5. The maximum absolute atomic E-state index is 12.5. The highest BCUT2D eigenvalue weighted by Gasteiger charge is 2.17. The minimum atomic E-state index is -0.623. The number of Topliss-reactive ketones (excluding diaryl/α,β-unsaturated/α-hetero) is 1. The molecule has 0 radical (unpaired) electrons. The molecule has 0 amide bonds. The van der Waals surface area contributed by atoms with Crippen LogP contribution in [0.25, 0.3) is 0 Å². The highest BCUT2D eigenvalue weighted by Crippen LogP contribution is 2.25. The SMILES string of the molecule is COc1ccc(OC)c(C(=O)CCNC(C)C(O)c2ccccc2)c1. The number of aliphatic hydroxyl groups is 1.